The predicted octanol–water partition coefficient (Wildman–Crippen LogP) is 9.58. The van der Waals surface area contributed by atoms with Crippen LogP contribution in [-0.2, 0) is 18.8 Å². The minimum absolute atomic E-state index is 0. The van der Waals surface area contributed by atoms with E-state index in [4.69, 9.17) is 19.2 Å². The summed E-state index contributed by atoms with van der Waals surface area (Å²) >= 11 is 1.72. The van der Waals surface area contributed by atoms with E-state index in [1.54, 1.807) is 33.1 Å². The summed E-state index contributed by atoms with van der Waals surface area (Å²) in [5.74, 6) is 3.18. The average molecular weight is 670 g/mol. The van der Waals surface area contributed by atoms with Gasteiger partial charge >= 0.3 is 0 Å². The van der Waals surface area contributed by atoms with Gasteiger partial charge in [-0.15, -0.1) is 17.0 Å². The first-order valence-electron chi connectivity index (χ1n) is 14.1. The number of thioether (sulfide) groups is 1. The molecule has 0 radical (unpaired) electrons. The fourth-order valence-corrected chi connectivity index (χ4v) is 5.66. The maximum Gasteiger partial charge on any atom is 0.165 e. The third kappa shape index (κ3) is 8.91. The molecule has 0 atom stereocenters. The van der Waals surface area contributed by atoms with Crippen molar-refractivity contribution in [3.63, 3.8) is 0 Å². The zero-order chi connectivity index (χ0) is 29.9. The van der Waals surface area contributed by atoms with E-state index in [1.807, 2.05) is 42.5 Å². The molecule has 0 N–H and O–H groups in total. The first-order chi connectivity index (χ1) is 21.1. The van der Waals surface area contributed by atoms with Crippen LogP contribution in [0, 0.1) is 0 Å². The SMILES string of the molecule is Br.COc1ccc(CN(Cc2ccc(OC)cc2)C(=Nc2cc(-c3ccccc3)ccc2OC)SCc2ccccc2)cc1. The topological polar surface area (TPSA) is 43.3 Å². The Balaban J connectivity index is 0.00000442. The van der Waals surface area contributed by atoms with Crippen molar-refractivity contribution < 1.29 is 14.2 Å². The monoisotopic (exact) mass is 668 g/mol. The molecule has 0 aliphatic carbocycles. The summed E-state index contributed by atoms with van der Waals surface area (Å²) in [6.45, 7) is 1.33. The van der Waals surface area contributed by atoms with E-state index in [-0.39, 0.29) is 17.0 Å². The van der Waals surface area contributed by atoms with Gasteiger partial charge in [-0.05, 0) is 64.2 Å². The second kappa shape index (κ2) is 16.6. The van der Waals surface area contributed by atoms with Crippen molar-refractivity contribution >= 4 is 39.6 Å². The lowest BCUT2D eigenvalue weighted by Crippen LogP contribution is -2.28. The summed E-state index contributed by atoms with van der Waals surface area (Å²) in [4.78, 5) is 7.65. The number of ether oxygens (including phenoxy) is 3. The van der Waals surface area contributed by atoms with Crippen molar-refractivity contribution in [3.05, 3.63) is 144 Å². The van der Waals surface area contributed by atoms with Crippen LogP contribution in [0.2, 0.25) is 0 Å². The molecule has 0 heterocycles. The van der Waals surface area contributed by atoms with E-state index in [9.17, 15) is 0 Å². The van der Waals surface area contributed by atoms with Gasteiger partial charge in [0, 0.05) is 18.8 Å². The van der Waals surface area contributed by atoms with Crippen molar-refractivity contribution in [2.45, 2.75) is 18.8 Å². The lowest BCUT2D eigenvalue weighted by molar-refractivity contribution is 0.404. The summed E-state index contributed by atoms with van der Waals surface area (Å²) in [5, 5.41) is 0.902. The standard InChI is InChI=1S/C37H36N2O3S.BrH/c1-40-33-19-14-28(15-20-33)25-39(26-29-16-21-34(41-2)22-17-29)37(43-27-30-10-6-4-7-11-30)38-35-24-32(18-23-36(35)42-3)31-12-8-5-9-13-31;/h4-24H,25-27H2,1-3H3;1H. The molecule has 44 heavy (non-hydrogen) atoms. The third-order valence-corrected chi connectivity index (χ3v) is 8.13. The number of methoxy groups -OCH3 is 3. The van der Waals surface area contributed by atoms with Gasteiger partial charge in [0.05, 0.1) is 21.3 Å². The highest BCUT2D eigenvalue weighted by Gasteiger charge is 2.17. The molecule has 0 bridgehead atoms. The van der Waals surface area contributed by atoms with Crippen LogP contribution >= 0.6 is 28.7 Å². The molecule has 226 valence electrons. The number of hydrogen-bond acceptors (Lipinski definition) is 5. The zero-order valence-corrected chi connectivity index (χ0v) is 27.7. The van der Waals surface area contributed by atoms with Gasteiger partial charge in [-0.1, -0.05) is 103 Å². The number of halogens is 1. The molecule has 5 rings (SSSR count). The van der Waals surface area contributed by atoms with E-state index >= 15 is 0 Å². The van der Waals surface area contributed by atoms with Gasteiger partial charge in [0.1, 0.15) is 22.9 Å². The Labute approximate surface area is 275 Å². The highest BCUT2D eigenvalue weighted by atomic mass is 79.9. The van der Waals surface area contributed by atoms with Crippen molar-refractivity contribution in [2.24, 2.45) is 4.99 Å². The Hall–Kier alpha value is -4.20. The molecular weight excluding hydrogens is 632 g/mol. The first-order valence-corrected chi connectivity index (χ1v) is 15.1. The summed E-state index contributed by atoms with van der Waals surface area (Å²) < 4.78 is 16.6. The molecule has 5 aromatic carbocycles. The zero-order valence-electron chi connectivity index (χ0n) is 25.2. The van der Waals surface area contributed by atoms with E-state index in [0.717, 1.165) is 56.1 Å². The van der Waals surface area contributed by atoms with Gasteiger partial charge in [-0.25, -0.2) is 4.99 Å². The van der Waals surface area contributed by atoms with Gasteiger partial charge in [0.2, 0.25) is 0 Å². The van der Waals surface area contributed by atoms with Crippen LogP contribution in [-0.4, -0.2) is 31.4 Å². The Morgan fingerprint density at radius 1 is 0.591 bits per heavy atom. The van der Waals surface area contributed by atoms with E-state index in [1.165, 1.54) is 5.56 Å². The lowest BCUT2D eigenvalue weighted by atomic mass is 10.0. The lowest BCUT2D eigenvalue weighted by Gasteiger charge is -2.27. The predicted molar refractivity (Wildman–Crippen MR) is 189 cm³/mol. The van der Waals surface area contributed by atoms with Gasteiger partial charge < -0.3 is 19.1 Å². The Bertz CT molecular complexity index is 1560. The third-order valence-electron chi connectivity index (χ3n) is 7.05. The molecule has 5 nitrogen and oxygen atoms in total. The van der Waals surface area contributed by atoms with Crippen LogP contribution in [0.5, 0.6) is 17.2 Å². The smallest absolute Gasteiger partial charge is 0.165 e. The second-order valence-corrected chi connectivity index (χ2v) is 10.9. The summed E-state index contributed by atoms with van der Waals surface area (Å²) in [6.07, 6.45) is 0. The van der Waals surface area contributed by atoms with Gasteiger partial charge in [0.25, 0.3) is 0 Å². The molecule has 0 unspecified atom stereocenters. The molecule has 0 saturated carbocycles. The van der Waals surface area contributed by atoms with E-state index < -0.39 is 0 Å². The van der Waals surface area contributed by atoms with Crippen molar-refractivity contribution in [1.82, 2.24) is 4.90 Å². The Morgan fingerprint density at radius 2 is 1.14 bits per heavy atom. The summed E-state index contributed by atoms with van der Waals surface area (Å²) in [7, 11) is 5.07. The highest BCUT2D eigenvalue weighted by Crippen LogP contribution is 2.35. The van der Waals surface area contributed by atoms with Gasteiger partial charge in [0.15, 0.2) is 5.17 Å². The van der Waals surface area contributed by atoms with Gasteiger partial charge in [-0.3, -0.25) is 0 Å². The van der Waals surface area contributed by atoms with Crippen LogP contribution in [0.4, 0.5) is 5.69 Å². The minimum atomic E-state index is 0. The number of amidine groups is 1. The molecule has 0 amide bonds. The quantitative estimate of drug-likeness (QED) is 0.104. The summed E-state index contributed by atoms with van der Waals surface area (Å²) in [5.41, 5.74) is 6.56. The van der Waals surface area contributed by atoms with Crippen molar-refractivity contribution in [3.8, 4) is 28.4 Å². The maximum atomic E-state index is 5.80. The molecule has 5 aromatic rings. The molecule has 0 fully saturated rings. The fourth-order valence-electron chi connectivity index (χ4n) is 4.70. The number of benzene rings is 5. The highest BCUT2D eigenvalue weighted by molar-refractivity contribution is 8.93. The molecule has 0 saturated heterocycles. The van der Waals surface area contributed by atoms with Crippen molar-refractivity contribution in [1.29, 1.82) is 0 Å². The molecule has 7 heteroatoms. The first kappa shape index (κ1) is 32.7. The molecule has 0 aliphatic heterocycles. The largest absolute Gasteiger partial charge is 0.497 e. The second-order valence-electron chi connectivity index (χ2n) is 9.97. The van der Waals surface area contributed by atoms with Crippen LogP contribution in [0.25, 0.3) is 11.1 Å². The Morgan fingerprint density at radius 3 is 1.66 bits per heavy atom. The molecule has 0 spiro atoms. The average Bonchev–Trinajstić information content (AvgIpc) is 3.07. The summed E-state index contributed by atoms with van der Waals surface area (Å²) in [6, 6.07) is 43.5. The van der Waals surface area contributed by atoms with Crippen LogP contribution < -0.4 is 14.2 Å². The van der Waals surface area contributed by atoms with E-state index in [0.29, 0.717) is 13.1 Å². The molecule has 0 aliphatic rings. The number of hydrogen-bond donors (Lipinski definition) is 0. The van der Waals surface area contributed by atoms with Crippen LogP contribution in [0.15, 0.2) is 132 Å². The number of rotatable bonds is 11. The Kier molecular flexibility index (Phi) is 12.3. The number of nitrogens with zero attached hydrogens (tertiary/aromatic N) is 2. The van der Waals surface area contributed by atoms with E-state index in [2.05, 4.69) is 89.8 Å². The minimum Gasteiger partial charge on any atom is -0.497 e. The van der Waals surface area contributed by atoms with Crippen molar-refractivity contribution in [2.75, 3.05) is 21.3 Å². The molecule has 0 aromatic heterocycles. The van der Waals surface area contributed by atoms with Crippen LogP contribution in [0.1, 0.15) is 16.7 Å². The molecular formula is C37H37BrN2O3S. The maximum absolute atomic E-state index is 5.80. The van der Waals surface area contributed by atoms with Crippen LogP contribution in [0.3, 0.4) is 0 Å². The van der Waals surface area contributed by atoms with Gasteiger partial charge in [-0.2, -0.15) is 0 Å². The normalized spacial score (nSPS) is 10.9. The fraction of sp³-hybridized carbons (Fsp3) is 0.162. The number of aliphatic imine (C=N–C) groups is 1.